The van der Waals surface area contributed by atoms with Crippen molar-refractivity contribution in [2.45, 2.75) is 13.0 Å². The number of carbonyl (C=O) groups is 1. The highest BCUT2D eigenvalue weighted by Crippen LogP contribution is 2.20. The van der Waals surface area contributed by atoms with Gasteiger partial charge in [-0.3, -0.25) is 4.79 Å². The summed E-state index contributed by atoms with van der Waals surface area (Å²) in [5, 5.41) is 11.0. The van der Waals surface area contributed by atoms with Crippen LogP contribution in [0, 0.1) is 5.82 Å². The summed E-state index contributed by atoms with van der Waals surface area (Å²) in [7, 11) is 0. The fourth-order valence-corrected chi connectivity index (χ4v) is 1.97. The lowest BCUT2D eigenvalue weighted by molar-refractivity contribution is 0.103. The molecule has 1 aromatic heterocycles. The lowest BCUT2D eigenvalue weighted by Crippen LogP contribution is -2.19. The maximum absolute atomic E-state index is 12.8. The molecule has 0 saturated carbocycles. The van der Waals surface area contributed by atoms with Gasteiger partial charge in [-0.1, -0.05) is 5.21 Å². The molecule has 2 heterocycles. The first-order valence-corrected chi connectivity index (χ1v) is 5.73. The van der Waals surface area contributed by atoms with Gasteiger partial charge in [0.15, 0.2) is 11.5 Å². The number of nitrogens with zero attached hydrogens (tertiary/aromatic N) is 3. The summed E-state index contributed by atoms with van der Waals surface area (Å²) in [5.41, 5.74) is 0.702. The molecule has 0 amide bonds. The van der Waals surface area contributed by atoms with Crippen LogP contribution in [-0.4, -0.2) is 27.3 Å². The van der Waals surface area contributed by atoms with Gasteiger partial charge in [-0.25, -0.2) is 9.07 Å². The lowest BCUT2D eigenvalue weighted by Gasteiger charge is -2.14. The number of anilines is 1. The van der Waals surface area contributed by atoms with E-state index in [0.29, 0.717) is 17.1 Å². The molecule has 6 heteroatoms. The number of ketones is 1. The van der Waals surface area contributed by atoms with Gasteiger partial charge < -0.3 is 5.32 Å². The number of carbonyl (C=O) groups excluding carboxylic acids is 1. The van der Waals surface area contributed by atoms with Gasteiger partial charge in [-0.15, -0.1) is 5.10 Å². The van der Waals surface area contributed by atoms with Crippen molar-refractivity contribution in [1.29, 1.82) is 0 Å². The maximum Gasteiger partial charge on any atom is 0.217 e. The quantitative estimate of drug-likeness (QED) is 0.815. The van der Waals surface area contributed by atoms with Crippen molar-refractivity contribution in [3.63, 3.8) is 0 Å². The van der Waals surface area contributed by atoms with E-state index >= 15 is 0 Å². The Morgan fingerprint density at radius 3 is 2.89 bits per heavy atom. The molecule has 2 aromatic rings. The number of aromatic nitrogens is 3. The molecule has 0 radical (unpaired) electrons. The molecule has 0 aliphatic carbocycles. The number of nitrogens with one attached hydrogen (secondary N) is 1. The Bertz CT molecular complexity index is 591. The zero-order chi connectivity index (χ0) is 12.5. The fraction of sp³-hybridized carbons (Fsp3) is 0.250. The standard InChI is InChI=1S/C12H11FN4O/c13-9-4-2-8(3-5-9)11(18)10-12-14-6-1-7-17(12)16-15-10/h2-5,14H,1,6-7H2. The third-order valence-electron chi connectivity index (χ3n) is 2.90. The Labute approximate surface area is 103 Å². The van der Waals surface area contributed by atoms with E-state index in [0.717, 1.165) is 19.5 Å². The van der Waals surface area contributed by atoms with Crippen LogP contribution in [0.25, 0.3) is 0 Å². The number of hydrogen-bond donors (Lipinski definition) is 1. The topological polar surface area (TPSA) is 59.8 Å². The van der Waals surface area contributed by atoms with Crippen LogP contribution in [0.2, 0.25) is 0 Å². The van der Waals surface area contributed by atoms with E-state index in [1.165, 1.54) is 24.3 Å². The van der Waals surface area contributed by atoms with Crippen molar-refractivity contribution in [3.05, 3.63) is 41.3 Å². The smallest absolute Gasteiger partial charge is 0.217 e. The lowest BCUT2D eigenvalue weighted by atomic mass is 10.1. The van der Waals surface area contributed by atoms with E-state index in [1.54, 1.807) is 4.68 Å². The largest absolute Gasteiger partial charge is 0.368 e. The summed E-state index contributed by atoms with van der Waals surface area (Å²) >= 11 is 0. The average Bonchev–Trinajstić information content (AvgIpc) is 2.82. The molecule has 0 spiro atoms. The summed E-state index contributed by atoms with van der Waals surface area (Å²) in [6.07, 6.45) is 0.959. The highest BCUT2D eigenvalue weighted by Gasteiger charge is 2.22. The molecule has 5 nitrogen and oxygen atoms in total. The molecule has 1 aromatic carbocycles. The van der Waals surface area contributed by atoms with Gasteiger partial charge in [-0.05, 0) is 30.7 Å². The number of fused-ring (bicyclic) bond motifs is 1. The molecule has 0 unspecified atom stereocenters. The molecular weight excluding hydrogens is 235 g/mol. The molecule has 1 aliphatic heterocycles. The number of halogens is 1. The number of rotatable bonds is 2. The normalized spacial score (nSPS) is 13.8. The molecular formula is C12H11FN4O. The Morgan fingerprint density at radius 1 is 1.33 bits per heavy atom. The van der Waals surface area contributed by atoms with Crippen LogP contribution in [0.1, 0.15) is 22.5 Å². The van der Waals surface area contributed by atoms with Gasteiger partial charge in [0.25, 0.3) is 0 Å². The van der Waals surface area contributed by atoms with Crippen LogP contribution in [0.5, 0.6) is 0 Å². The molecule has 3 rings (SSSR count). The van der Waals surface area contributed by atoms with Crippen molar-refractivity contribution in [2.24, 2.45) is 0 Å². The molecule has 0 atom stereocenters. The van der Waals surface area contributed by atoms with Gasteiger partial charge in [-0.2, -0.15) is 0 Å². The number of benzene rings is 1. The zero-order valence-electron chi connectivity index (χ0n) is 9.56. The SMILES string of the molecule is O=C(c1ccc(F)cc1)c1nnn2c1NCCC2. The predicted molar refractivity (Wildman–Crippen MR) is 63.0 cm³/mol. The summed E-state index contributed by atoms with van der Waals surface area (Å²) in [6.45, 7) is 1.56. The van der Waals surface area contributed by atoms with Gasteiger partial charge in [0, 0.05) is 18.7 Å². The second-order valence-corrected chi connectivity index (χ2v) is 4.13. The van der Waals surface area contributed by atoms with E-state index in [-0.39, 0.29) is 11.6 Å². The van der Waals surface area contributed by atoms with E-state index in [1.807, 2.05) is 0 Å². The van der Waals surface area contributed by atoms with E-state index in [9.17, 15) is 9.18 Å². The first kappa shape index (κ1) is 10.9. The monoisotopic (exact) mass is 246 g/mol. The zero-order valence-corrected chi connectivity index (χ0v) is 9.56. The van der Waals surface area contributed by atoms with E-state index in [2.05, 4.69) is 15.6 Å². The second kappa shape index (κ2) is 4.21. The molecule has 18 heavy (non-hydrogen) atoms. The van der Waals surface area contributed by atoms with Crippen molar-refractivity contribution in [3.8, 4) is 0 Å². The maximum atomic E-state index is 12.8. The third kappa shape index (κ3) is 1.75. The summed E-state index contributed by atoms with van der Waals surface area (Å²) in [4.78, 5) is 12.2. The summed E-state index contributed by atoms with van der Waals surface area (Å²) in [6, 6.07) is 5.42. The third-order valence-corrected chi connectivity index (χ3v) is 2.90. The Kier molecular flexibility index (Phi) is 2.55. The highest BCUT2D eigenvalue weighted by atomic mass is 19.1. The Balaban J connectivity index is 1.97. The average molecular weight is 246 g/mol. The van der Waals surface area contributed by atoms with Crippen LogP contribution < -0.4 is 5.32 Å². The Morgan fingerprint density at radius 2 is 2.11 bits per heavy atom. The summed E-state index contributed by atoms with van der Waals surface area (Å²) < 4.78 is 14.5. The van der Waals surface area contributed by atoms with Crippen LogP contribution in [0.15, 0.2) is 24.3 Å². The molecule has 92 valence electrons. The minimum atomic E-state index is -0.366. The molecule has 0 fully saturated rings. The van der Waals surface area contributed by atoms with Crippen molar-refractivity contribution in [2.75, 3.05) is 11.9 Å². The first-order chi connectivity index (χ1) is 8.75. The molecule has 1 N–H and O–H groups in total. The van der Waals surface area contributed by atoms with Crippen LogP contribution >= 0.6 is 0 Å². The van der Waals surface area contributed by atoms with Crippen LogP contribution in [0.3, 0.4) is 0 Å². The fourth-order valence-electron chi connectivity index (χ4n) is 1.97. The summed E-state index contributed by atoms with van der Waals surface area (Å²) in [5.74, 6) is 0.0379. The predicted octanol–water partition coefficient (Wildman–Crippen LogP) is 1.46. The molecule has 0 saturated heterocycles. The van der Waals surface area contributed by atoms with Crippen LogP contribution in [0.4, 0.5) is 10.2 Å². The van der Waals surface area contributed by atoms with Gasteiger partial charge in [0.2, 0.25) is 5.78 Å². The minimum absolute atomic E-state index is 0.245. The minimum Gasteiger partial charge on any atom is -0.368 e. The number of hydrogen-bond acceptors (Lipinski definition) is 4. The van der Waals surface area contributed by atoms with Crippen molar-refractivity contribution < 1.29 is 9.18 Å². The second-order valence-electron chi connectivity index (χ2n) is 4.13. The van der Waals surface area contributed by atoms with Crippen LogP contribution in [-0.2, 0) is 6.54 Å². The van der Waals surface area contributed by atoms with Crippen molar-refractivity contribution >= 4 is 11.6 Å². The van der Waals surface area contributed by atoms with Gasteiger partial charge in [0.05, 0.1) is 0 Å². The van der Waals surface area contributed by atoms with E-state index < -0.39 is 0 Å². The molecule has 1 aliphatic rings. The van der Waals surface area contributed by atoms with E-state index in [4.69, 9.17) is 0 Å². The van der Waals surface area contributed by atoms with Crippen molar-refractivity contribution in [1.82, 2.24) is 15.0 Å². The van der Waals surface area contributed by atoms with Gasteiger partial charge in [0.1, 0.15) is 5.82 Å². The first-order valence-electron chi connectivity index (χ1n) is 5.73. The Hall–Kier alpha value is -2.24. The molecule has 0 bridgehead atoms. The number of aryl methyl sites for hydroxylation is 1. The highest BCUT2D eigenvalue weighted by molar-refractivity contribution is 6.10. The van der Waals surface area contributed by atoms with Gasteiger partial charge >= 0.3 is 0 Å².